The van der Waals surface area contributed by atoms with E-state index in [1.165, 1.54) is 12.1 Å². The molecule has 10 heteroatoms. The van der Waals surface area contributed by atoms with Crippen molar-refractivity contribution in [2.45, 2.75) is 44.8 Å². The van der Waals surface area contributed by atoms with Gasteiger partial charge in [0.25, 0.3) is 0 Å². The minimum absolute atomic E-state index is 0.0151. The van der Waals surface area contributed by atoms with E-state index in [1.54, 1.807) is 30.9 Å². The number of rotatable bonds is 5. The number of hydrogen-bond acceptors (Lipinski definition) is 3. The van der Waals surface area contributed by atoms with Gasteiger partial charge in [-0.05, 0) is 42.7 Å². The highest BCUT2D eigenvalue weighted by Gasteiger charge is 2.59. The number of benzene rings is 1. The quantitative estimate of drug-likeness (QED) is 0.512. The van der Waals surface area contributed by atoms with Gasteiger partial charge in [-0.15, -0.1) is 0 Å². The van der Waals surface area contributed by atoms with E-state index < -0.39 is 11.6 Å². The molecule has 0 bridgehead atoms. The monoisotopic (exact) mass is 493 g/mol. The van der Waals surface area contributed by atoms with Crippen LogP contribution in [0.2, 0.25) is 15.1 Å². The van der Waals surface area contributed by atoms with Crippen molar-refractivity contribution in [3.8, 4) is 0 Å². The lowest BCUT2D eigenvalue weighted by Crippen LogP contribution is -2.45. The number of amides is 1. The van der Waals surface area contributed by atoms with Crippen molar-refractivity contribution < 1.29 is 18.0 Å². The van der Waals surface area contributed by atoms with Crippen LogP contribution in [-0.4, -0.2) is 30.2 Å². The molecule has 1 aliphatic rings. The van der Waals surface area contributed by atoms with Crippen LogP contribution in [0.15, 0.2) is 24.3 Å². The summed E-state index contributed by atoms with van der Waals surface area (Å²) < 4.78 is 42.9. The second kappa shape index (κ2) is 9.04. The van der Waals surface area contributed by atoms with Crippen molar-refractivity contribution in [3.63, 3.8) is 0 Å². The number of carbonyl (C=O) groups is 1. The lowest BCUT2D eigenvalue weighted by molar-refractivity contribution is -0.184. The average Bonchev–Trinajstić information content (AvgIpc) is 3.17. The molecule has 1 aliphatic heterocycles. The summed E-state index contributed by atoms with van der Waals surface area (Å²) in [7, 11) is 0. The largest absolute Gasteiger partial charge is 0.400 e. The van der Waals surface area contributed by atoms with E-state index in [1.807, 2.05) is 0 Å². The standard InChI is InChI=1S/C21H21Cl3F3N3O/c1-3-18(31)28-10-13-4-5-17(29-12(13)2)30-7-6-20(11-30,21(25,26)27)14-8-15(22)19(24)16(23)9-14/h4-5,8-9H,3,6-7,10-11H2,1-2H3,(H,28,31). The maximum atomic E-state index is 14.3. The molecule has 1 saturated heterocycles. The van der Waals surface area contributed by atoms with Crippen molar-refractivity contribution >= 4 is 46.5 Å². The van der Waals surface area contributed by atoms with Crippen molar-refractivity contribution in [3.05, 3.63) is 56.2 Å². The molecule has 0 spiro atoms. The molecule has 1 N–H and O–H groups in total. The summed E-state index contributed by atoms with van der Waals surface area (Å²) in [5.41, 5.74) is -0.703. The molecule has 1 amide bonds. The van der Waals surface area contributed by atoms with Gasteiger partial charge < -0.3 is 10.2 Å². The smallest absolute Gasteiger partial charge is 0.355 e. The topological polar surface area (TPSA) is 45.2 Å². The number of nitrogens with one attached hydrogen (secondary N) is 1. The van der Waals surface area contributed by atoms with Crippen LogP contribution in [-0.2, 0) is 16.8 Å². The predicted octanol–water partition coefficient (Wildman–Crippen LogP) is 6.09. The molecule has 1 fully saturated rings. The molecular weight excluding hydrogens is 474 g/mol. The Bertz CT molecular complexity index is 977. The molecule has 1 aromatic heterocycles. The Balaban J connectivity index is 1.90. The Morgan fingerprint density at radius 2 is 1.87 bits per heavy atom. The van der Waals surface area contributed by atoms with Crippen molar-refractivity contribution in [2.24, 2.45) is 0 Å². The van der Waals surface area contributed by atoms with Gasteiger partial charge in [-0.25, -0.2) is 4.98 Å². The van der Waals surface area contributed by atoms with E-state index in [2.05, 4.69) is 10.3 Å². The van der Waals surface area contributed by atoms with Crippen LogP contribution >= 0.6 is 34.8 Å². The molecule has 1 aromatic carbocycles. The molecule has 0 radical (unpaired) electrons. The highest BCUT2D eigenvalue weighted by molar-refractivity contribution is 6.48. The normalized spacial score (nSPS) is 19.0. The number of nitrogens with zero attached hydrogens (tertiary/aromatic N) is 2. The fourth-order valence-corrected chi connectivity index (χ4v) is 4.32. The third kappa shape index (κ3) is 4.73. The molecule has 1 atom stereocenters. The van der Waals surface area contributed by atoms with E-state index in [0.29, 0.717) is 24.5 Å². The third-order valence-electron chi connectivity index (χ3n) is 5.65. The second-order valence-electron chi connectivity index (χ2n) is 7.55. The fourth-order valence-electron chi connectivity index (χ4n) is 3.73. The summed E-state index contributed by atoms with van der Waals surface area (Å²) in [6.07, 6.45) is -4.32. The summed E-state index contributed by atoms with van der Waals surface area (Å²) in [6.45, 7) is 3.69. The zero-order valence-electron chi connectivity index (χ0n) is 16.9. The van der Waals surface area contributed by atoms with Gasteiger partial charge in [-0.3, -0.25) is 4.79 Å². The zero-order valence-corrected chi connectivity index (χ0v) is 19.2. The van der Waals surface area contributed by atoms with Crippen molar-refractivity contribution in [1.82, 2.24) is 10.3 Å². The molecule has 2 heterocycles. The van der Waals surface area contributed by atoms with Crippen LogP contribution in [0.1, 0.15) is 36.6 Å². The number of pyridine rings is 1. The van der Waals surface area contributed by atoms with Gasteiger partial charge in [-0.2, -0.15) is 13.2 Å². The maximum absolute atomic E-state index is 14.3. The van der Waals surface area contributed by atoms with Crippen molar-refractivity contribution in [1.29, 1.82) is 0 Å². The lowest BCUT2D eigenvalue weighted by Gasteiger charge is -2.33. The summed E-state index contributed by atoms with van der Waals surface area (Å²) in [4.78, 5) is 17.6. The van der Waals surface area contributed by atoms with Gasteiger partial charge in [0.05, 0.1) is 15.1 Å². The van der Waals surface area contributed by atoms with Gasteiger partial charge in [0.15, 0.2) is 0 Å². The Kier molecular flexibility index (Phi) is 6.99. The van der Waals surface area contributed by atoms with E-state index in [-0.39, 0.29) is 46.0 Å². The minimum Gasteiger partial charge on any atom is -0.355 e. The molecule has 2 aromatic rings. The van der Waals surface area contributed by atoms with E-state index in [4.69, 9.17) is 34.8 Å². The first-order chi connectivity index (χ1) is 14.5. The molecule has 0 aliphatic carbocycles. The van der Waals surface area contributed by atoms with E-state index in [0.717, 1.165) is 5.56 Å². The fraction of sp³-hybridized carbons (Fsp3) is 0.429. The molecule has 0 saturated carbocycles. The number of aromatic nitrogens is 1. The Hall–Kier alpha value is -1.70. The highest BCUT2D eigenvalue weighted by atomic mass is 35.5. The van der Waals surface area contributed by atoms with Crippen LogP contribution in [0.3, 0.4) is 0 Å². The van der Waals surface area contributed by atoms with Crippen LogP contribution in [0.5, 0.6) is 0 Å². The molecule has 3 rings (SSSR count). The van der Waals surface area contributed by atoms with Crippen molar-refractivity contribution in [2.75, 3.05) is 18.0 Å². The number of carbonyl (C=O) groups excluding carboxylic acids is 1. The molecule has 31 heavy (non-hydrogen) atoms. The third-order valence-corrected chi connectivity index (χ3v) is 6.85. The first kappa shape index (κ1) is 24.0. The number of halogens is 6. The number of hydrogen-bond donors (Lipinski definition) is 1. The van der Waals surface area contributed by atoms with Crippen LogP contribution in [0.4, 0.5) is 19.0 Å². The van der Waals surface area contributed by atoms with Gasteiger partial charge >= 0.3 is 6.18 Å². The molecule has 168 valence electrons. The summed E-state index contributed by atoms with van der Waals surface area (Å²) >= 11 is 18.0. The number of anilines is 1. The second-order valence-corrected chi connectivity index (χ2v) is 8.74. The summed E-state index contributed by atoms with van der Waals surface area (Å²) in [5, 5.41) is 2.77. The Morgan fingerprint density at radius 1 is 1.23 bits per heavy atom. The number of alkyl halides is 3. The number of aryl methyl sites for hydroxylation is 1. The van der Waals surface area contributed by atoms with Crippen LogP contribution in [0.25, 0.3) is 0 Å². The van der Waals surface area contributed by atoms with Gasteiger partial charge in [0.2, 0.25) is 5.91 Å². The lowest BCUT2D eigenvalue weighted by atomic mass is 9.79. The minimum atomic E-state index is -4.53. The average molecular weight is 495 g/mol. The Labute approximate surface area is 193 Å². The summed E-state index contributed by atoms with van der Waals surface area (Å²) in [5.74, 6) is 0.360. The van der Waals surface area contributed by atoms with Crippen LogP contribution in [0, 0.1) is 6.92 Å². The summed E-state index contributed by atoms with van der Waals surface area (Å²) in [6, 6.07) is 5.93. The van der Waals surface area contributed by atoms with E-state index in [9.17, 15) is 18.0 Å². The van der Waals surface area contributed by atoms with Gasteiger partial charge in [-0.1, -0.05) is 47.8 Å². The van der Waals surface area contributed by atoms with Crippen LogP contribution < -0.4 is 10.2 Å². The first-order valence-electron chi connectivity index (χ1n) is 9.68. The molecule has 4 nitrogen and oxygen atoms in total. The van der Waals surface area contributed by atoms with E-state index >= 15 is 0 Å². The zero-order chi connectivity index (χ0) is 23.0. The predicted molar refractivity (Wildman–Crippen MR) is 117 cm³/mol. The van der Waals surface area contributed by atoms with Gasteiger partial charge in [0.1, 0.15) is 11.2 Å². The SMILES string of the molecule is CCC(=O)NCc1ccc(N2CCC(c3cc(Cl)c(Cl)c(Cl)c3)(C(F)(F)F)C2)nc1C. The Morgan fingerprint density at radius 3 is 2.42 bits per heavy atom. The molecule has 1 unspecified atom stereocenters. The highest BCUT2D eigenvalue weighted by Crippen LogP contribution is 2.50. The maximum Gasteiger partial charge on any atom is 0.400 e. The molecular formula is C21H21Cl3F3N3O. The van der Waals surface area contributed by atoms with Gasteiger partial charge in [0, 0.05) is 31.7 Å². The first-order valence-corrected chi connectivity index (χ1v) is 10.8.